The van der Waals surface area contributed by atoms with Crippen LogP contribution in [0, 0.1) is 12.7 Å². The maximum absolute atomic E-state index is 13.5. The number of imidazole rings is 1. The number of rotatable bonds is 5. The molecule has 7 nitrogen and oxygen atoms in total. The van der Waals surface area contributed by atoms with Crippen molar-refractivity contribution in [3.63, 3.8) is 0 Å². The lowest BCUT2D eigenvalue weighted by molar-refractivity contribution is 0.0950. The Morgan fingerprint density at radius 1 is 1.16 bits per heavy atom. The summed E-state index contributed by atoms with van der Waals surface area (Å²) in [5.74, 6) is -0.407. The zero-order chi connectivity index (χ0) is 22.2. The number of halogens is 1. The van der Waals surface area contributed by atoms with Gasteiger partial charge in [-0.2, -0.15) is 0 Å². The SMILES string of the molecule is Cc1cccc(Cn2cnc3c2c(=O)n(C[C@@H]2CCCO2)c(=O)n3-c2ccc(F)cc2)c1. The topological polar surface area (TPSA) is 71.1 Å². The molecule has 8 heteroatoms. The molecule has 1 aliphatic heterocycles. The van der Waals surface area contributed by atoms with Crippen molar-refractivity contribution in [2.24, 2.45) is 0 Å². The molecule has 1 atom stereocenters. The smallest absolute Gasteiger partial charge is 0.337 e. The lowest BCUT2D eigenvalue weighted by Crippen LogP contribution is -2.42. The van der Waals surface area contributed by atoms with E-state index in [9.17, 15) is 14.0 Å². The van der Waals surface area contributed by atoms with Gasteiger partial charge in [-0.3, -0.25) is 9.36 Å². The molecule has 0 amide bonds. The summed E-state index contributed by atoms with van der Waals surface area (Å²) in [6.07, 6.45) is 3.08. The largest absolute Gasteiger partial charge is 0.376 e. The number of aryl methyl sites for hydroxylation is 1. The van der Waals surface area contributed by atoms with Crippen LogP contribution in [0.15, 0.2) is 64.4 Å². The van der Waals surface area contributed by atoms with Gasteiger partial charge in [-0.15, -0.1) is 0 Å². The summed E-state index contributed by atoms with van der Waals surface area (Å²) in [7, 11) is 0. The third-order valence-electron chi connectivity index (χ3n) is 5.83. The molecule has 0 saturated carbocycles. The fourth-order valence-corrected chi connectivity index (χ4v) is 4.28. The van der Waals surface area contributed by atoms with E-state index < -0.39 is 17.1 Å². The van der Waals surface area contributed by atoms with Crippen LogP contribution in [0.5, 0.6) is 0 Å². The minimum atomic E-state index is -0.509. The number of ether oxygens (including phenoxy) is 1. The maximum Gasteiger partial charge on any atom is 0.337 e. The van der Waals surface area contributed by atoms with Gasteiger partial charge >= 0.3 is 5.69 Å². The summed E-state index contributed by atoms with van der Waals surface area (Å²) < 4.78 is 23.6. The second kappa shape index (κ2) is 8.20. The van der Waals surface area contributed by atoms with E-state index in [0.29, 0.717) is 24.4 Å². The molecule has 0 bridgehead atoms. The molecule has 4 aromatic rings. The van der Waals surface area contributed by atoms with Crippen LogP contribution < -0.4 is 11.2 Å². The molecule has 1 saturated heterocycles. The van der Waals surface area contributed by atoms with Crippen LogP contribution in [0.4, 0.5) is 4.39 Å². The molecule has 3 heterocycles. The van der Waals surface area contributed by atoms with E-state index in [0.717, 1.165) is 24.0 Å². The number of fused-ring (bicyclic) bond motifs is 1. The molecule has 5 rings (SSSR count). The highest BCUT2D eigenvalue weighted by molar-refractivity contribution is 5.72. The fraction of sp³-hybridized carbons (Fsp3) is 0.292. The highest BCUT2D eigenvalue weighted by Gasteiger charge is 2.23. The first-order chi connectivity index (χ1) is 15.5. The fourth-order valence-electron chi connectivity index (χ4n) is 4.28. The van der Waals surface area contributed by atoms with Crippen molar-refractivity contribution in [2.45, 2.75) is 39.0 Å². The predicted molar refractivity (Wildman–Crippen MR) is 119 cm³/mol. The quantitative estimate of drug-likeness (QED) is 0.484. The highest BCUT2D eigenvalue weighted by atomic mass is 19.1. The van der Waals surface area contributed by atoms with E-state index in [1.165, 1.54) is 33.4 Å². The van der Waals surface area contributed by atoms with E-state index in [2.05, 4.69) is 4.98 Å². The molecule has 0 spiro atoms. The van der Waals surface area contributed by atoms with Crippen LogP contribution in [0.2, 0.25) is 0 Å². The van der Waals surface area contributed by atoms with Crippen LogP contribution in [0.1, 0.15) is 24.0 Å². The normalized spacial score (nSPS) is 16.1. The first kappa shape index (κ1) is 20.4. The van der Waals surface area contributed by atoms with Gasteiger partial charge in [0, 0.05) is 13.2 Å². The Kier molecular flexibility index (Phi) is 5.22. The number of hydrogen-bond donors (Lipinski definition) is 0. The van der Waals surface area contributed by atoms with Crippen molar-refractivity contribution >= 4 is 11.2 Å². The summed E-state index contributed by atoms with van der Waals surface area (Å²) in [6.45, 7) is 3.24. The number of hydrogen-bond acceptors (Lipinski definition) is 4. The number of nitrogens with zero attached hydrogens (tertiary/aromatic N) is 4. The average molecular weight is 434 g/mol. The second-order valence-corrected chi connectivity index (χ2v) is 8.18. The molecule has 1 aliphatic rings. The third kappa shape index (κ3) is 3.67. The summed E-state index contributed by atoms with van der Waals surface area (Å²) in [6, 6.07) is 13.6. The zero-order valence-electron chi connectivity index (χ0n) is 17.7. The molecular formula is C24H23FN4O3. The minimum Gasteiger partial charge on any atom is -0.376 e. The van der Waals surface area contributed by atoms with Crippen molar-refractivity contribution in [3.05, 3.63) is 92.6 Å². The molecule has 0 unspecified atom stereocenters. The second-order valence-electron chi connectivity index (χ2n) is 8.18. The monoisotopic (exact) mass is 434 g/mol. The third-order valence-corrected chi connectivity index (χ3v) is 5.83. The van der Waals surface area contributed by atoms with Gasteiger partial charge in [-0.05, 0) is 49.6 Å². The van der Waals surface area contributed by atoms with Gasteiger partial charge in [0.15, 0.2) is 11.2 Å². The van der Waals surface area contributed by atoms with Crippen LogP contribution in [-0.4, -0.2) is 31.4 Å². The van der Waals surface area contributed by atoms with E-state index in [4.69, 9.17) is 4.74 Å². The van der Waals surface area contributed by atoms with Gasteiger partial charge in [-0.25, -0.2) is 18.7 Å². The molecule has 2 aromatic carbocycles. The summed E-state index contributed by atoms with van der Waals surface area (Å²) >= 11 is 0. The average Bonchev–Trinajstić information content (AvgIpc) is 3.43. The molecule has 32 heavy (non-hydrogen) atoms. The van der Waals surface area contributed by atoms with Crippen molar-refractivity contribution in [2.75, 3.05) is 6.61 Å². The summed E-state index contributed by atoms with van der Waals surface area (Å²) in [5, 5.41) is 0. The van der Waals surface area contributed by atoms with Gasteiger partial charge in [0.2, 0.25) is 0 Å². The molecule has 2 aromatic heterocycles. The lowest BCUT2D eigenvalue weighted by atomic mass is 10.1. The Labute approximate surface area is 183 Å². The Balaban J connectivity index is 1.72. The van der Waals surface area contributed by atoms with Crippen molar-refractivity contribution in [1.29, 1.82) is 0 Å². The highest BCUT2D eigenvalue weighted by Crippen LogP contribution is 2.17. The van der Waals surface area contributed by atoms with E-state index in [1.807, 2.05) is 31.2 Å². The Morgan fingerprint density at radius 2 is 1.97 bits per heavy atom. The molecular weight excluding hydrogens is 411 g/mol. The maximum atomic E-state index is 13.5. The van der Waals surface area contributed by atoms with Gasteiger partial charge in [0.05, 0.1) is 24.7 Å². The van der Waals surface area contributed by atoms with E-state index in [-0.39, 0.29) is 18.3 Å². The first-order valence-corrected chi connectivity index (χ1v) is 10.6. The van der Waals surface area contributed by atoms with E-state index in [1.54, 1.807) is 10.9 Å². The molecule has 1 fully saturated rings. The van der Waals surface area contributed by atoms with Crippen LogP contribution in [0.3, 0.4) is 0 Å². The van der Waals surface area contributed by atoms with Crippen LogP contribution in [0.25, 0.3) is 16.9 Å². The molecule has 164 valence electrons. The van der Waals surface area contributed by atoms with Crippen molar-refractivity contribution in [1.82, 2.24) is 18.7 Å². The lowest BCUT2D eigenvalue weighted by Gasteiger charge is -2.15. The van der Waals surface area contributed by atoms with Crippen LogP contribution >= 0.6 is 0 Å². The van der Waals surface area contributed by atoms with Gasteiger partial charge in [-0.1, -0.05) is 29.8 Å². The molecule has 0 aliphatic carbocycles. The first-order valence-electron chi connectivity index (χ1n) is 10.6. The predicted octanol–water partition coefficient (Wildman–Crippen LogP) is 3.02. The van der Waals surface area contributed by atoms with Gasteiger partial charge in [0.25, 0.3) is 5.56 Å². The minimum absolute atomic E-state index is 0.171. The Morgan fingerprint density at radius 3 is 2.69 bits per heavy atom. The van der Waals surface area contributed by atoms with Gasteiger partial charge < -0.3 is 9.30 Å². The summed E-state index contributed by atoms with van der Waals surface area (Å²) in [4.78, 5) is 31.3. The van der Waals surface area contributed by atoms with Gasteiger partial charge in [0.1, 0.15) is 5.82 Å². The Bertz CT molecular complexity index is 1400. The van der Waals surface area contributed by atoms with E-state index >= 15 is 0 Å². The zero-order valence-corrected chi connectivity index (χ0v) is 17.7. The van der Waals surface area contributed by atoms with Crippen molar-refractivity contribution in [3.8, 4) is 5.69 Å². The summed E-state index contributed by atoms with van der Waals surface area (Å²) in [5.41, 5.74) is 2.26. The van der Waals surface area contributed by atoms with Crippen LogP contribution in [-0.2, 0) is 17.8 Å². The van der Waals surface area contributed by atoms with Crippen molar-refractivity contribution < 1.29 is 9.13 Å². The number of benzene rings is 2. The standard InChI is InChI=1S/C24H23FN4O3/c1-16-4-2-5-17(12-16)13-27-15-26-22-21(27)23(30)28(14-20-6-3-11-32-20)24(31)29(22)19-9-7-18(25)8-10-19/h2,4-5,7-10,12,15,20H,3,6,11,13-14H2,1H3/t20-/m0/s1. The number of aromatic nitrogens is 4. The Hall–Kier alpha value is -3.52. The molecule has 0 N–H and O–H groups in total. The molecule has 0 radical (unpaired) electrons.